The Balaban J connectivity index is 2.05. The van der Waals surface area contributed by atoms with Crippen molar-refractivity contribution in [3.05, 3.63) is 52.0 Å². The Bertz CT molecular complexity index is 1070. The Morgan fingerprint density at radius 2 is 1.93 bits per heavy atom. The highest BCUT2D eigenvalue weighted by atomic mass is 79.9. The minimum atomic E-state index is -4.04. The van der Waals surface area contributed by atoms with E-state index < -0.39 is 16.0 Å². The lowest BCUT2D eigenvalue weighted by atomic mass is 10.1. The molecule has 28 heavy (non-hydrogen) atoms. The first-order chi connectivity index (χ1) is 13.2. The summed E-state index contributed by atoms with van der Waals surface area (Å²) in [6.45, 7) is 3.36. The number of methoxy groups -OCH3 is 1. The molecule has 7 nitrogen and oxygen atoms in total. The van der Waals surface area contributed by atoms with Crippen LogP contribution in [0.1, 0.15) is 29.8 Å². The minimum absolute atomic E-state index is 0.0220. The molecule has 2 aromatic carbocycles. The van der Waals surface area contributed by atoms with Gasteiger partial charge in [0.25, 0.3) is 10.0 Å². The Kier molecular flexibility index (Phi) is 5.49. The molecule has 0 bridgehead atoms. The molecule has 2 aromatic rings. The van der Waals surface area contributed by atoms with Gasteiger partial charge < -0.3 is 9.64 Å². The molecule has 0 spiro atoms. The average molecular weight is 467 g/mol. The summed E-state index contributed by atoms with van der Waals surface area (Å²) in [4.78, 5) is 25.5. The molecular formula is C19H19BrN2O5S. The lowest BCUT2D eigenvalue weighted by molar-refractivity contribution is -0.116. The molecule has 9 heteroatoms. The summed E-state index contributed by atoms with van der Waals surface area (Å²) in [6, 6.07) is 9.33. The molecule has 1 aliphatic heterocycles. The summed E-state index contributed by atoms with van der Waals surface area (Å²) in [5.74, 6) is -0.802. The second kappa shape index (κ2) is 7.56. The lowest BCUT2D eigenvalue weighted by Gasteiger charge is -2.21. The van der Waals surface area contributed by atoms with E-state index in [0.29, 0.717) is 16.6 Å². The second-order valence-corrected chi connectivity index (χ2v) is 9.00. The maximum absolute atomic E-state index is 13.0. The molecule has 1 aliphatic rings. The number of hydrogen-bond donors (Lipinski definition) is 1. The van der Waals surface area contributed by atoms with Gasteiger partial charge in [0.05, 0.1) is 18.4 Å². The number of carbonyl (C=O) groups is 2. The van der Waals surface area contributed by atoms with Crippen LogP contribution in [-0.4, -0.2) is 33.4 Å². The van der Waals surface area contributed by atoms with Crippen LogP contribution in [0.3, 0.4) is 0 Å². The van der Waals surface area contributed by atoms with Crippen molar-refractivity contribution in [3.8, 4) is 0 Å². The second-order valence-electron chi connectivity index (χ2n) is 6.50. The van der Waals surface area contributed by atoms with Gasteiger partial charge in [-0.2, -0.15) is 0 Å². The van der Waals surface area contributed by atoms with E-state index in [0.717, 1.165) is 5.56 Å². The van der Waals surface area contributed by atoms with Crippen LogP contribution in [-0.2, 0) is 26.0 Å². The molecule has 0 aromatic heterocycles. The third-order valence-corrected chi connectivity index (χ3v) is 6.88. The van der Waals surface area contributed by atoms with Crippen molar-refractivity contribution in [1.29, 1.82) is 0 Å². The van der Waals surface area contributed by atoms with E-state index in [1.807, 2.05) is 6.92 Å². The van der Waals surface area contributed by atoms with E-state index in [1.165, 1.54) is 32.2 Å². The van der Waals surface area contributed by atoms with Crippen LogP contribution >= 0.6 is 15.9 Å². The molecule has 0 unspecified atom stereocenters. The van der Waals surface area contributed by atoms with E-state index in [4.69, 9.17) is 4.74 Å². The molecule has 1 N–H and O–H groups in total. The number of para-hydroxylation sites is 1. The summed E-state index contributed by atoms with van der Waals surface area (Å²) < 4.78 is 33.6. The van der Waals surface area contributed by atoms with Crippen molar-refractivity contribution in [2.75, 3.05) is 16.7 Å². The van der Waals surface area contributed by atoms with Crippen LogP contribution in [0.5, 0.6) is 0 Å². The van der Waals surface area contributed by atoms with E-state index in [-0.39, 0.29) is 28.1 Å². The normalized spacial score (nSPS) is 15.9. The molecule has 0 aliphatic carbocycles. The van der Waals surface area contributed by atoms with Crippen LogP contribution in [0, 0.1) is 0 Å². The third-order valence-electron chi connectivity index (χ3n) is 4.55. The number of ether oxygens (including phenoxy) is 1. The van der Waals surface area contributed by atoms with Crippen LogP contribution < -0.4 is 9.62 Å². The van der Waals surface area contributed by atoms with E-state index in [9.17, 15) is 18.0 Å². The van der Waals surface area contributed by atoms with Crippen LogP contribution in [0.15, 0.2) is 45.8 Å². The van der Waals surface area contributed by atoms with Crippen molar-refractivity contribution in [2.24, 2.45) is 0 Å². The summed E-state index contributed by atoms with van der Waals surface area (Å²) in [7, 11) is -2.81. The zero-order chi connectivity index (χ0) is 20.6. The van der Waals surface area contributed by atoms with Gasteiger partial charge in [-0.1, -0.05) is 12.1 Å². The Hall–Kier alpha value is -2.39. The van der Waals surface area contributed by atoms with Crippen molar-refractivity contribution >= 4 is 49.2 Å². The Labute approximate surface area is 171 Å². The van der Waals surface area contributed by atoms with Gasteiger partial charge in [0.15, 0.2) is 0 Å². The number of nitrogens with zero attached hydrogens (tertiary/aromatic N) is 1. The van der Waals surface area contributed by atoms with Gasteiger partial charge in [0.1, 0.15) is 4.90 Å². The van der Waals surface area contributed by atoms with Crippen LogP contribution in [0.25, 0.3) is 0 Å². The molecular weight excluding hydrogens is 448 g/mol. The van der Waals surface area contributed by atoms with E-state index >= 15 is 0 Å². The lowest BCUT2D eigenvalue weighted by Crippen LogP contribution is -2.33. The molecule has 0 saturated heterocycles. The first kappa shape index (κ1) is 20.3. The highest BCUT2D eigenvalue weighted by Crippen LogP contribution is 2.38. The fourth-order valence-corrected chi connectivity index (χ4v) is 5.55. The maximum atomic E-state index is 13.0. The predicted molar refractivity (Wildman–Crippen MR) is 109 cm³/mol. The first-order valence-corrected chi connectivity index (χ1v) is 10.8. The van der Waals surface area contributed by atoms with Crippen LogP contribution in [0.4, 0.5) is 11.4 Å². The summed E-state index contributed by atoms with van der Waals surface area (Å²) in [5, 5.41) is 0. The van der Waals surface area contributed by atoms with Gasteiger partial charge in [-0.3, -0.25) is 9.52 Å². The number of amides is 1. The monoisotopic (exact) mass is 466 g/mol. The number of carbonyl (C=O) groups excluding carboxylic acids is 2. The van der Waals surface area contributed by atoms with Crippen molar-refractivity contribution in [2.45, 2.75) is 31.2 Å². The van der Waals surface area contributed by atoms with Gasteiger partial charge in [-0.15, -0.1) is 0 Å². The molecule has 0 radical (unpaired) electrons. The highest BCUT2D eigenvalue weighted by Gasteiger charge is 2.32. The minimum Gasteiger partial charge on any atom is -0.465 e. The Morgan fingerprint density at radius 1 is 1.25 bits per heavy atom. The third kappa shape index (κ3) is 3.64. The molecule has 148 valence electrons. The average Bonchev–Trinajstić information content (AvgIpc) is 2.95. The predicted octanol–water partition coefficient (Wildman–Crippen LogP) is 3.33. The SMILES string of the molecule is COC(=O)c1ccccc1NS(=O)(=O)c1cc2c(cc1Br)C[C@@H](C)N2C(C)=O. The number of esters is 1. The Morgan fingerprint density at radius 3 is 2.57 bits per heavy atom. The molecule has 0 saturated carbocycles. The van der Waals surface area contributed by atoms with Crippen LogP contribution in [0.2, 0.25) is 0 Å². The van der Waals surface area contributed by atoms with Crippen molar-refractivity contribution in [1.82, 2.24) is 0 Å². The van der Waals surface area contributed by atoms with E-state index in [2.05, 4.69) is 20.7 Å². The van der Waals surface area contributed by atoms with Crippen molar-refractivity contribution in [3.63, 3.8) is 0 Å². The molecule has 1 atom stereocenters. The van der Waals surface area contributed by atoms with Gasteiger partial charge in [-0.05, 0) is 59.1 Å². The smallest absolute Gasteiger partial charge is 0.339 e. The fraction of sp³-hybridized carbons (Fsp3) is 0.263. The molecule has 0 fully saturated rings. The summed E-state index contributed by atoms with van der Waals surface area (Å²) in [5.41, 5.74) is 1.68. The molecule has 3 rings (SSSR count). The first-order valence-electron chi connectivity index (χ1n) is 8.48. The fourth-order valence-electron chi connectivity index (χ4n) is 3.36. The van der Waals surface area contributed by atoms with Crippen molar-refractivity contribution < 1.29 is 22.7 Å². The number of anilines is 2. The number of sulfonamides is 1. The van der Waals surface area contributed by atoms with Gasteiger partial charge in [-0.25, -0.2) is 13.2 Å². The number of fused-ring (bicyclic) bond motifs is 1. The van der Waals surface area contributed by atoms with Gasteiger partial charge in [0.2, 0.25) is 5.91 Å². The maximum Gasteiger partial charge on any atom is 0.339 e. The zero-order valence-corrected chi connectivity index (χ0v) is 17.9. The van der Waals surface area contributed by atoms with Gasteiger partial charge >= 0.3 is 5.97 Å². The largest absolute Gasteiger partial charge is 0.465 e. The standard InChI is InChI=1S/C19H19BrN2O5S/c1-11-8-13-9-15(20)18(10-17(13)22(11)12(2)23)28(25,26)21-16-7-5-4-6-14(16)19(24)27-3/h4-7,9-11,21H,8H2,1-3H3/t11-/m1/s1. The number of halogens is 1. The number of nitrogens with one attached hydrogen (secondary N) is 1. The zero-order valence-electron chi connectivity index (χ0n) is 15.5. The van der Waals surface area contributed by atoms with Gasteiger partial charge in [0, 0.05) is 23.1 Å². The molecule has 1 heterocycles. The quantitative estimate of drug-likeness (QED) is 0.697. The topological polar surface area (TPSA) is 92.8 Å². The molecule has 1 amide bonds. The number of benzene rings is 2. The summed E-state index contributed by atoms with van der Waals surface area (Å²) >= 11 is 3.32. The summed E-state index contributed by atoms with van der Waals surface area (Å²) in [6.07, 6.45) is 0.645. The highest BCUT2D eigenvalue weighted by molar-refractivity contribution is 9.10. The number of rotatable bonds is 4. The van der Waals surface area contributed by atoms with E-state index in [1.54, 1.807) is 23.1 Å². The number of hydrogen-bond acceptors (Lipinski definition) is 5.